The smallest absolute Gasteiger partial charge is 0.267 e. The average Bonchev–Trinajstić information content (AvgIpc) is 2.44. The molecule has 0 unspecified atom stereocenters. The van der Waals surface area contributed by atoms with Crippen molar-refractivity contribution < 1.29 is 4.79 Å². The Morgan fingerprint density at radius 2 is 2.15 bits per heavy atom. The standard InChI is InChI=1S/C15H18ClN3O/c1-11(2)13-5-3-4-6-14(13)19-15(20)12(9-17)10-18-8-7-16/h3-6,10-11,18H,7-8H2,1-2H3,(H,19,20)/b12-10-. The van der Waals surface area contributed by atoms with E-state index in [4.69, 9.17) is 16.9 Å². The molecule has 0 aromatic heterocycles. The van der Waals surface area contributed by atoms with Crippen LogP contribution in [0.2, 0.25) is 0 Å². The number of benzene rings is 1. The van der Waals surface area contributed by atoms with Crippen LogP contribution in [0.25, 0.3) is 0 Å². The predicted molar refractivity (Wildman–Crippen MR) is 81.6 cm³/mol. The maximum Gasteiger partial charge on any atom is 0.267 e. The lowest BCUT2D eigenvalue weighted by molar-refractivity contribution is -0.112. The monoisotopic (exact) mass is 291 g/mol. The maximum absolute atomic E-state index is 12.0. The Morgan fingerprint density at radius 1 is 1.45 bits per heavy atom. The Hall–Kier alpha value is -1.99. The van der Waals surface area contributed by atoms with Gasteiger partial charge in [0, 0.05) is 24.3 Å². The van der Waals surface area contributed by atoms with Gasteiger partial charge in [-0.05, 0) is 17.5 Å². The van der Waals surface area contributed by atoms with Crippen molar-refractivity contribution in [1.82, 2.24) is 5.32 Å². The fraction of sp³-hybridized carbons (Fsp3) is 0.333. The third kappa shape index (κ3) is 4.60. The number of nitriles is 1. The Labute approximate surface area is 124 Å². The van der Waals surface area contributed by atoms with E-state index in [1.807, 2.05) is 44.2 Å². The van der Waals surface area contributed by atoms with Gasteiger partial charge in [0.05, 0.1) is 0 Å². The summed E-state index contributed by atoms with van der Waals surface area (Å²) in [4.78, 5) is 12.0. The lowest BCUT2D eigenvalue weighted by atomic mass is 10.0. The highest BCUT2D eigenvalue weighted by atomic mass is 35.5. The van der Waals surface area contributed by atoms with Gasteiger partial charge in [0.15, 0.2) is 0 Å². The molecule has 0 aliphatic rings. The van der Waals surface area contributed by atoms with Gasteiger partial charge in [-0.1, -0.05) is 32.0 Å². The SMILES string of the molecule is CC(C)c1ccccc1NC(=O)/C(C#N)=C\NCCCl. The number of amides is 1. The number of hydrogen-bond donors (Lipinski definition) is 2. The van der Waals surface area contributed by atoms with Crippen LogP contribution in [-0.4, -0.2) is 18.3 Å². The molecular weight excluding hydrogens is 274 g/mol. The van der Waals surface area contributed by atoms with E-state index in [0.29, 0.717) is 12.4 Å². The van der Waals surface area contributed by atoms with Gasteiger partial charge in [-0.25, -0.2) is 0 Å². The van der Waals surface area contributed by atoms with E-state index in [1.54, 1.807) is 0 Å². The predicted octanol–water partition coefficient (Wildman–Crippen LogP) is 2.98. The summed E-state index contributed by atoms with van der Waals surface area (Å²) < 4.78 is 0. The lowest BCUT2D eigenvalue weighted by Crippen LogP contribution is -2.18. The van der Waals surface area contributed by atoms with Crippen molar-refractivity contribution in [2.45, 2.75) is 19.8 Å². The Kier molecular flexibility index (Phi) is 6.61. The first-order chi connectivity index (χ1) is 9.60. The molecule has 4 nitrogen and oxygen atoms in total. The van der Waals surface area contributed by atoms with E-state index in [2.05, 4.69) is 10.6 Å². The number of rotatable bonds is 6. The number of nitrogens with zero attached hydrogens (tertiary/aromatic N) is 1. The van der Waals surface area contributed by atoms with Gasteiger partial charge in [0.25, 0.3) is 5.91 Å². The first-order valence-electron chi connectivity index (χ1n) is 6.40. The molecule has 0 radical (unpaired) electrons. The minimum Gasteiger partial charge on any atom is -0.388 e. The fourth-order valence-electron chi connectivity index (χ4n) is 1.68. The Morgan fingerprint density at radius 3 is 2.75 bits per heavy atom. The van der Waals surface area contributed by atoms with Gasteiger partial charge in [0.2, 0.25) is 0 Å². The van der Waals surface area contributed by atoms with Gasteiger partial charge in [-0.15, -0.1) is 11.6 Å². The highest BCUT2D eigenvalue weighted by molar-refractivity contribution is 6.18. The summed E-state index contributed by atoms with van der Waals surface area (Å²) in [7, 11) is 0. The average molecular weight is 292 g/mol. The van der Waals surface area contributed by atoms with E-state index in [-0.39, 0.29) is 11.5 Å². The summed E-state index contributed by atoms with van der Waals surface area (Å²) in [6.07, 6.45) is 1.38. The second-order valence-corrected chi connectivity index (χ2v) is 4.89. The highest BCUT2D eigenvalue weighted by Crippen LogP contribution is 2.23. The van der Waals surface area contributed by atoms with E-state index in [1.165, 1.54) is 6.20 Å². The number of para-hydroxylation sites is 1. The summed E-state index contributed by atoms with van der Waals surface area (Å²) >= 11 is 5.52. The number of carbonyl (C=O) groups is 1. The molecule has 0 bridgehead atoms. The summed E-state index contributed by atoms with van der Waals surface area (Å²) in [6.45, 7) is 4.60. The molecule has 106 valence electrons. The van der Waals surface area contributed by atoms with E-state index < -0.39 is 5.91 Å². The molecule has 1 aromatic carbocycles. The zero-order chi connectivity index (χ0) is 15.0. The molecule has 1 amide bonds. The molecule has 1 aromatic rings. The highest BCUT2D eigenvalue weighted by Gasteiger charge is 2.12. The maximum atomic E-state index is 12.0. The van der Waals surface area contributed by atoms with E-state index in [9.17, 15) is 4.79 Å². The topological polar surface area (TPSA) is 64.9 Å². The summed E-state index contributed by atoms with van der Waals surface area (Å²) in [5.74, 6) is 0.269. The minimum atomic E-state index is -0.428. The van der Waals surface area contributed by atoms with Crippen molar-refractivity contribution in [3.8, 4) is 6.07 Å². The van der Waals surface area contributed by atoms with Gasteiger partial charge in [-0.3, -0.25) is 4.79 Å². The molecule has 0 saturated heterocycles. The molecule has 20 heavy (non-hydrogen) atoms. The van der Waals surface area contributed by atoms with Crippen molar-refractivity contribution in [2.75, 3.05) is 17.7 Å². The number of alkyl halides is 1. The van der Waals surface area contributed by atoms with Crippen LogP contribution >= 0.6 is 11.6 Å². The van der Waals surface area contributed by atoms with Crippen LogP contribution in [0.15, 0.2) is 36.0 Å². The van der Waals surface area contributed by atoms with Crippen LogP contribution in [0.4, 0.5) is 5.69 Å². The van der Waals surface area contributed by atoms with Crippen LogP contribution < -0.4 is 10.6 Å². The quantitative estimate of drug-likeness (QED) is 0.366. The van der Waals surface area contributed by atoms with Crippen molar-refractivity contribution >= 4 is 23.2 Å². The van der Waals surface area contributed by atoms with Crippen molar-refractivity contribution in [3.63, 3.8) is 0 Å². The molecular formula is C15H18ClN3O. The van der Waals surface area contributed by atoms with Crippen molar-refractivity contribution in [3.05, 3.63) is 41.6 Å². The third-order valence-corrected chi connectivity index (χ3v) is 2.87. The molecule has 0 saturated carbocycles. The molecule has 0 fully saturated rings. The van der Waals surface area contributed by atoms with E-state index >= 15 is 0 Å². The summed E-state index contributed by atoms with van der Waals surface area (Å²) in [5, 5.41) is 14.6. The van der Waals surface area contributed by atoms with Gasteiger partial charge >= 0.3 is 0 Å². The van der Waals surface area contributed by atoms with Gasteiger partial charge in [0.1, 0.15) is 11.6 Å². The molecule has 2 N–H and O–H groups in total. The largest absolute Gasteiger partial charge is 0.388 e. The van der Waals surface area contributed by atoms with Crippen LogP contribution in [0, 0.1) is 11.3 Å². The first kappa shape index (κ1) is 16.1. The van der Waals surface area contributed by atoms with Crippen LogP contribution in [0.1, 0.15) is 25.3 Å². The Balaban J connectivity index is 2.85. The number of hydrogen-bond acceptors (Lipinski definition) is 3. The van der Waals surface area contributed by atoms with Crippen molar-refractivity contribution in [1.29, 1.82) is 5.26 Å². The molecule has 5 heteroatoms. The van der Waals surface area contributed by atoms with Gasteiger partial charge in [-0.2, -0.15) is 5.26 Å². The fourth-order valence-corrected chi connectivity index (χ4v) is 1.79. The molecule has 0 aliphatic carbocycles. The second-order valence-electron chi connectivity index (χ2n) is 4.51. The molecule has 0 atom stereocenters. The van der Waals surface area contributed by atoms with Crippen LogP contribution in [0.3, 0.4) is 0 Å². The lowest BCUT2D eigenvalue weighted by Gasteiger charge is -2.13. The molecule has 0 aliphatic heterocycles. The first-order valence-corrected chi connectivity index (χ1v) is 6.93. The molecule has 0 spiro atoms. The summed E-state index contributed by atoms with van der Waals surface area (Å²) in [5.41, 5.74) is 1.78. The summed E-state index contributed by atoms with van der Waals surface area (Å²) in [6, 6.07) is 9.44. The minimum absolute atomic E-state index is 0.0219. The van der Waals surface area contributed by atoms with Crippen LogP contribution in [0.5, 0.6) is 0 Å². The molecule has 0 heterocycles. The van der Waals surface area contributed by atoms with Crippen LogP contribution in [-0.2, 0) is 4.79 Å². The number of carbonyl (C=O) groups excluding carboxylic acids is 1. The zero-order valence-corrected chi connectivity index (χ0v) is 12.4. The zero-order valence-electron chi connectivity index (χ0n) is 11.6. The second kappa shape index (κ2) is 8.23. The molecule has 1 rings (SSSR count). The number of anilines is 1. The van der Waals surface area contributed by atoms with E-state index in [0.717, 1.165) is 11.3 Å². The normalized spacial score (nSPS) is 11.1. The van der Waals surface area contributed by atoms with Crippen molar-refractivity contribution in [2.24, 2.45) is 0 Å². The number of halogens is 1. The van der Waals surface area contributed by atoms with Gasteiger partial charge < -0.3 is 10.6 Å². The Bertz CT molecular complexity index is 532. The number of nitrogens with one attached hydrogen (secondary N) is 2. The third-order valence-electron chi connectivity index (χ3n) is 2.68.